The molecule has 2 rings (SSSR count). The summed E-state index contributed by atoms with van der Waals surface area (Å²) in [6, 6.07) is 8.30. The number of esters is 4. The number of hydrogen-bond acceptors (Lipinski definition) is 11. The van der Waals surface area contributed by atoms with Gasteiger partial charge in [-0.2, -0.15) is 0 Å². The molecule has 2 aromatic rings. The van der Waals surface area contributed by atoms with Crippen molar-refractivity contribution in [2.24, 2.45) is 5.73 Å². The lowest BCUT2D eigenvalue weighted by Gasteiger charge is -2.23. The minimum atomic E-state index is -0.799. The van der Waals surface area contributed by atoms with E-state index in [0.29, 0.717) is 12.8 Å². The predicted molar refractivity (Wildman–Crippen MR) is 145 cm³/mol. The van der Waals surface area contributed by atoms with Crippen LogP contribution in [0.3, 0.4) is 0 Å². The monoisotopic (exact) mass is 585 g/mol. The molecule has 3 amide bonds. The van der Waals surface area contributed by atoms with E-state index in [0.717, 1.165) is 32.6 Å². The van der Waals surface area contributed by atoms with Gasteiger partial charge in [0.05, 0.1) is 17.7 Å². The number of ether oxygens (including phenoxy) is 4. The first-order chi connectivity index (χ1) is 19.8. The zero-order chi connectivity index (χ0) is 31.4. The minimum Gasteiger partial charge on any atom is -0.423 e. The van der Waals surface area contributed by atoms with Crippen LogP contribution in [0, 0.1) is 0 Å². The molecule has 14 heteroatoms. The Hall–Kier alpha value is -5.27. The number of primary amides is 1. The van der Waals surface area contributed by atoms with Crippen LogP contribution in [0.4, 0.5) is 0 Å². The molecule has 0 fully saturated rings. The molecule has 0 aliphatic carbocycles. The first-order valence-electron chi connectivity index (χ1n) is 12.7. The lowest BCUT2D eigenvalue weighted by atomic mass is 10.1. The molecule has 0 atom stereocenters. The molecule has 0 spiro atoms. The summed E-state index contributed by atoms with van der Waals surface area (Å²) in [5.74, 6) is -5.75. The average molecular weight is 586 g/mol. The van der Waals surface area contributed by atoms with Crippen LogP contribution in [-0.4, -0.2) is 66.1 Å². The van der Waals surface area contributed by atoms with Gasteiger partial charge in [-0.3, -0.25) is 33.6 Å². The van der Waals surface area contributed by atoms with Crippen molar-refractivity contribution in [3.63, 3.8) is 0 Å². The van der Waals surface area contributed by atoms with Crippen LogP contribution in [0.15, 0.2) is 36.4 Å². The average Bonchev–Trinajstić information content (AvgIpc) is 2.88. The Kier molecular flexibility index (Phi) is 12.2. The summed E-state index contributed by atoms with van der Waals surface area (Å²) in [4.78, 5) is 85.1. The Morgan fingerprint density at radius 2 is 1.17 bits per heavy atom. The molecule has 0 aliphatic rings. The number of rotatable bonds is 13. The Bertz CT molecular complexity index is 1390. The summed E-state index contributed by atoms with van der Waals surface area (Å²) in [7, 11) is 0. The van der Waals surface area contributed by atoms with Gasteiger partial charge in [0.15, 0.2) is 23.0 Å². The number of nitrogens with zero attached hydrogens (tertiary/aromatic N) is 1. The van der Waals surface area contributed by atoms with Crippen molar-refractivity contribution in [2.45, 2.75) is 40.5 Å². The minimum absolute atomic E-state index is 0.0234. The van der Waals surface area contributed by atoms with E-state index < -0.39 is 48.1 Å². The quantitative estimate of drug-likeness (QED) is 0.196. The third-order valence-corrected chi connectivity index (χ3v) is 5.21. The van der Waals surface area contributed by atoms with Crippen molar-refractivity contribution < 1.29 is 52.5 Å². The van der Waals surface area contributed by atoms with Crippen molar-refractivity contribution in [2.75, 3.05) is 19.6 Å². The molecule has 0 unspecified atom stereocenters. The molecule has 0 aliphatic heterocycles. The molecule has 14 nitrogen and oxygen atoms in total. The maximum absolute atomic E-state index is 13.4. The number of para-hydroxylation sites is 2. The summed E-state index contributed by atoms with van der Waals surface area (Å²) in [6.07, 6.45) is 0.640. The molecule has 42 heavy (non-hydrogen) atoms. The van der Waals surface area contributed by atoms with Gasteiger partial charge in [0.25, 0.3) is 11.8 Å². The number of unbranched alkanes of at least 4 members (excludes halogenated alkanes) is 1. The molecule has 0 saturated carbocycles. The van der Waals surface area contributed by atoms with Crippen LogP contribution in [0.5, 0.6) is 23.0 Å². The largest absolute Gasteiger partial charge is 0.423 e. The topological polar surface area (TPSA) is 198 Å². The van der Waals surface area contributed by atoms with E-state index in [1.54, 1.807) is 0 Å². The fourth-order valence-corrected chi connectivity index (χ4v) is 3.68. The SMILES string of the molecule is CC(=O)Oc1cccc(C(=O)NCCCCN(CC(N)=O)C(=O)c2cccc(OC(C)=O)c2OC(C)=O)c1OC(C)=O. The highest BCUT2D eigenvalue weighted by atomic mass is 16.6. The zero-order valence-electron chi connectivity index (χ0n) is 23.5. The Morgan fingerprint density at radius 1 is 0.690 bits per heavy atom. The molecule has 3 N–H and O–H groups in total. The van der Waals surface area contributed by atoms with Crippen molar-refractivity contribution in [3.05, 3.63) is 47.5 Å². The van der Waals surface area contributed by atoms with E-state index in [9.17, 15) is 33.6 Å². The second-order valence-corrected chi connectivity index (χ2v) is 8.80. The first-order valence-corrected chi connectivity index (χ1v) is 12.7. The number of benzene rings is 2. The van der Waals surface area contributed by atoms with Crippen LogP contribution in [0.25, 0.3) is 0 Å². The summed E-state index contributed by atoms with van der Waals surface area (Å²) < 4.78 is 20.3. The van der Waals surface area contributed by atoms with Crippen molar-refractivity contribution in [1.29, 1.82) is 0 Å². The van der Waals surface area contributed by atoms with Gasteiger partial charge in [-0.15, -0.1) is 0 Å². The van der Waals surface area contributed by atoms with Gasteiger partial charge in [-0.1, -0.05) is 12.1 Å². The highest BCUT2D eigenvalue weighted by molar-refractivity contribution is 6.00. The maximum Gasteiger partial charge on any atom is 0.308 e. The van der Waals surface area contributed by atoms with Crippen LogP contribution in [0.1, 0.15) is 61.3 Å². The summed E-state index contributed by atoms with van der Waals surface area (Å²) >= 11 is 0. The number of carbonyl (C=O) groups is 7. The molecule has 0 radical (unpaired) electrons. The lowest BCUT2D eigenvalue weighted by Crippen LogP contribution is -2.39. The molecule has 0 aromatic heterocycles. The summed E-state index contributed by atoms with van der Waals surface area (Å²) in [6.45, 7) is 4.22. The number of carbonyl (C=O) groups excluding carboxylic acids is 7. The van der Waals surface area contributed by atoms with Crippen LogP contribution < -0.4 is 30.0 Å². The third-order valence-electron chi connectivity index (χ3n) is 5.21. The number of nitrogens with one attached hydrogen (secondary N) is 1. The summed E-state index contributed by atoms with van der Waals surface area (Å²) in [5.41, 5.74) is 5.16. The fourth-order valence-electron chi connectivity index (χ4n) is 3.68. The van der Waals surface area contributed by atoms with Crippen LogP contribution in [0.2, 0.25) is 0 Å². The number of hydrogen-bond donors (Lipinski definition) is 2. The standard InChI is InChI=1S/C28H31N3O11/c1-16(32)39-22-11-7-9-20(25(22)41-18(3)34)27(37)30-13-5-6-14-31(15-24(29)36)28(38)21-10-8-12-23(40-17(2)33)26(21)42-19(4)35/h7-12H,5-6,13-15H2,1-4H3,(H2,29,36)(H,30,37). The zero-order valence-corrected chi connectivity index (χ0v) is 23.5. The molecule has 2 aromatic carbocycles. The van der Waals surface area contributed by atoms with E-state index in [1.807, 2.05) is 0 Å². The van der Waals surface area contributed by atoms with Gasteiger partial charge in [-0.05, 0) is 37.1 Å². The molecular formula is C28H31N3O11. The second-order valence-electron chi connectivity index (χ2n) is 8.80. The molecule has 0 bridgehead atoms. The van der Waals surface area contributed by atoms with Gasteiger partial charge in [0.1, 0.15) is 0 Å². The lowest BCUT2D eigenvalue weighted by molar-refractivity contribution is -0.134. The molecule has 0 saturated heterocycles. The van der Waals surface area contributed by atoms with Crippen LogP contribution in [-0.2, 0) is 24.0 Å². The van der Waals surface area contributed by atoms with Crippen LogP contribution >= 0.6 is 0 Å². The van der Waals surface area contributed by atoms with E-state index >= 15 is 0 Å². The van der Waals surface area contributed by atoms with Gasteiger partial charge < -0.3 is 34.9 Å². The van der Waals surface area contributed by atoms with Gasteiger partial charge in [-0.25, -0.2) is 0 Å². The Balaban J connectivity index is 2.13. The first kappa shape index (κ1) is 32.9. The van der Waals surface area contributed by atoms with Gasteiger partial charge in [0.2, 0.25) is 5.91 Å². The summed E-state index contributed by atoms with van der Waals surface area (Å²) in [5, 5.41) is 2.65. The number of nitrogens with two attached hydrogens (primary N) is 1. The highest BCUT2D eigenvalue weighted by Crippen LogP contribution is 2.33. The predicted octanol–water partition coefficient (Wildman–Crippen LogP) is 1.53. The van der Waals surface area contributed by atoms with E-state index in [-0.39, 0.29) is 47.2 Å². The van der Waals surface area contributed by atoms with E-state index in [2.05, 4.69) is 5.32 Å². The fraction of sp³-hybridized carbons (Fsp3) is 0.321. The second kappa shape index (κ2) is 15.5. The van der Waals surface area contributed by atoms with Crippen molar-refractivity contribution in [1.82, 2.24) is 10.2 Å². The number of amides is 3. The Labute approximate surface area is 241 Å². The maximum atomic E-state index is 13.4. The third kappa shape index (κ3) is 10.0. The van der Waals surface area contributed by atoms with E-state index in [1.165, 1.54) is 36.4 Å². The van der Waals surface area contributed by atoms with Crippen molar-refractivity contribution in [3.8, 4) is 23.0 Å². The van der Waals surface area contributed by atoms with Gasteiger partial charge >= 0.3 is 23.9 Å². The molecular weight excluding hydrogens is 554 g/mol. The molecule has 224 valence electrons. The van der Waals surface area contributed by atoms with E-state index in [4.69, 9.17) is 24.7 Å². The van der Waals surface area contributed by atoms with Gasteiger partial charge in [0, 0.05) is 40.8 Å². The molecule has 0 heterocycles. The van der Waals surface area contributed by atoms with Crippen molar-refractivity contribution >= 4 is 41.6 Å². The highest BCUT2D eigenvalue weighted by Gasteiger charge is 2.25. The normalized spacial score (nSPS) is 10.2. The smallest absolute Gasteiger partial charge is 0.308 e. The Morgan fingerprint density at radius 3 is 1.64 bits per heavy atom.